The van der Waals surface area contributed by atoms with Crippen LogP contribution in [0, 0.1) is 0 Å². The topological polar surface area (TPSA) is 130 Å². The summed E-state index contributed by atoms with van der Waals surface area (Å²) in [7, 11) is -2.00. The number of para-hydroxylation sites is 1. The summed E-state index contributed by atoms with van der Waals surface area (Å²) in [6, 6.07) is 7.87. The van der Waals surface area contributed by atoms with Crippen LogP contribution in [-0.4, -0.2) is 46.3 Å². The van der Waals surface area contributed by atoms with E-state index in [0.29, 0.717) is 18.4 Å². The Morgan fingerprint density at radius 1 is 1.25 bits per heavy atom. The van der Waals surface area contributed by atoms with Gasteiger partial charge in [0, 0.05) is 12.1 Å². The third kappa shape index (κ3) is 5.18. The maximum atomic E-state index is 9.19. The fourth-order valence-corrected chi connectivity index (χ4v) is 1.93. The predicted octanol–water partition coefficient (Wildman–Crippen LogP) is 1.48. The average molecular weight is 351 g/mol. The molecule has 3 N–H and O–H groups in total. The van der Waals surface area contributed by atoms with Gasteiger partial charge in [-0.05, 0) is 6.07 Å². The number of hydrogen-bond donors (Lipinski definition) is 3. The summed E-state index contributed by atoms with van der Waals surface area (Å²) in [4.78, 5) is 15.4. The normalized spacial score (nSPS) is 10.8. The number of H-pyrrole nitrogens is 1. The van der Waals surface area contributed by atoms with Crippen molar-refractivity contribution in [3.63, 3.8) is 0 Å². The molecule has 0 saturated carbocycles. The smallest absolute Gasteiger partial charge is 0.261 e. The van der Waals surface area contributed by atoms with Crippen molar-refractivity contribution in [2.75, 3.05) is 18.7 Å². The molecule has 2 aromatic heterocycles. The van der Waals surface area contributed by atoms with E-state index in [2.05, 4.69) is 25.3 Å². The Bertz CT molecular complexity index is 902. The fourth-order valence-electron chi connectivity index (χ4n) is 1.93. The highest BCUT2D eigenvalue weighted by Gasteiger charge is 2.06. The molecule has 0 aliphatic carbocycles. The number of nitrogens with zero attached hydrogens (tertiary/aromatic N) is 3. The lowest BCUT2D eigenvalue weighted by Crippen LogP contribution is -2.04. The summed E-state index contributed by atoms with van der Waals surface area (Å²) < 4.78 is 31.2. The fraction of sp³-hybridized carbons (Fsp3) is 0.214. The van der Waals surface area contributed by atoms with Crippen molar-refractivity contribution in [2.45, 2.75) is 6.54 Å². The highest BCUT2D eigenvalue weighted by Crippen LogP contribution is 2.20. The number of rotatable bonds is 4. The minimum atomic E-state index is -3.67. The van der Waals surface area contributed by atoms with Crippen molar-refractivity contribution in [1.82, 2.24) is 19.9 Å². The van der Waals surface area contributed by atoms with E-state index in [1.807, 2.05) is 24.3 Å². The second kappa shape index (κ2) is 7.70. The van der Waals surface area contributed by atoms with E-state index in [1.165, 1.54) is 6.33 Å². The predicted molar refractivity (Wildman–Crippen MR) is 89.5 cm³/mol. The van der Waals surface area contributed by atoms with E-state index in [1.54, 1.807) is 13.4 Å². The van der Waals surface area contributed by atoms with Crippen molar-refractivity contribution in [3.8, 4) is 5.75 Å². The number of imidazole rings is 1. The highest BCUT2D eigenvalue weighted by molar-refractivity contribution is 7.85. The molecule has 0 aliphatic rings. The second-order valence-electron chi connectivity index (χ2n) is 4.72. The summed E-state index contributed by atoms with van der Waals surface area (Å²) in [6.07, 6.45) is 3.81. The van der Waals surface area contributed by atoms with Crippen LogP contribution in [0.3, 0.4) is 0 Å². The molecule has 0 bridgehead atoms. The van der Waals surface area contributed by atoms with E-state index in [9.17, 15) is 8.42 Å². The first-order chi connectivity index (χ1) is 11.4. The van der Waals surface area contributed by atoms with E-state index >= 15 is 0 Å². The minimum absolute atomic E-state index is 0.620. The van der Waals surface area contributed by atoms with Gasteiger partial charge in [-0.3, -0.25) is 4.55 Å². The Kier molecular flexibility index (Phi) is 5.66. The summed E-state index contributed by atoms with van der Waals surface area (Å²) >= 11 is 0. The van der Waals surface area contributed by atoms with E-state index < -0.39 is 10.1 Å². The summed E-state index contributed by atoms with van der Waals surface area (Å²) in [5, 5.41) is 3.26. The van der Waals surface area contributed by atoms with E-state index in [-0.39, 0.29) is 0 Å². The molecule has 0 atom stereocenters. The first-order valence-corrected chi connectivity index (χ1v) is 8.65. The summed E-state index contributed by atoms with van der Waals surface area (Å²) in [6.45, 7) is 0.620. The van der Waals surface area contributed by atoms with Gasteiger partial charge >= 0.3 is 0 Å². The van der Waals surface area contributed by atoms with Crippen LogP contribution in [0.1, 0.15) is 5.56 Å². The first-order valence-electron chi connectivity index (χ1n) is 6.81. The van der Waals surface area contributed by atoms with Gasteiger partial charge in [-0.1, -0.05) is 18.2 Å². The van der Waals surface area contributed by atoms with Crippen molar-refractivity contribution < 1.29 is 17.7 Å². The van der Waals surface area contributed by atoms with Gasteiger partial charge in [0.25, 0.3) is 10.1 Å². The molecular formula is C14H17N5O4S. The van der Waals surface area contributed by atoms with Crippen molar-refractivity contribution >= 4 is 27.1 Å². The van der Waals surface area contributed by atoms with Gasteiger partial charge in [-0.25, -0.2) is 15.0 Å². The lowest BCUT2D eigenvalue weighted by Gasteiger charge is -2.09. The molecule has 0 fully saturated rings. The largest absolute Gasteiger partial charge is 0.496 e. The average Bonchev–Trinajstić information content (AvgIpc) is 3.00. The molecule has 0 radical (unpaired) electrons. The van der Waals surface area contributed by atoms with Gasteiger partial charge in [-0.2, -0.15) is 8.42 Å². The number of aromatic amines is 1. The number of hydrogen-bond acceptors (Lipinski definition) is 7. The standard InChI is InChI=1S/C13H13N5O.CH4O3S/c1-19-10-5-3-2-4-9(10)6-14-12-11-13(16-7-15-11)18-8-17-12;1-5(2,3)4/h2-5,7-8H,6H2,1H3,(H2,14,15,16,17,18);1H3,(H,2,3,4). The van der Waals surface area contributed by atoms with Crippen LogP contribution in [-0.2, 0) is 16.7 Å². The van der Waals surface area contributed by atoms with E-state index in [4.69, 9.17) is 9.29 Å². The molecule has 2 heterocycles. The van der Waals surface area contributed by atoms with Gasteiger partial charge in [0.05, 0.1) is 19.7 Å². The van der Waals surface area contributed by atoms with E-state index in [0.717, 1.165) is 22.6 Å². The van der Waals surface area contributed by atoms with Crippen LogP contribution in [0.5, 0.6) is 5.75 Å². The monoisotopic (exact) mass is 351 g/mol. The summed E-state index contributed by atoms with van der Waals surface area (Å²) in [5.41, 5.74) is 2.52. The summed E-state index contributed by atoms with van der Waals surface area (Å²) in [5.74, 6) is 1.58. The quantitative estimate of drug-likeness (QED) is 0.603. The maximum absolute atomic E-state index is 9.19. The third-order valence-corrected chi connectivity index (χ3v) is 2.86. The van der Waals surface area contributed by atoms with Gasteiger partial charge in [0.15, 0.2) is 11.5 Å². The van der Waals surface area contributed by atoms with Gasteiger partial charge in [-0.15, -0.1) is 0 Å². The van der Waals surface area contributed by atoms with Crippen LogP contribution in [0.4, 0.5) is 5.82 Å². The van der Waals surface area contributed by atoms with Gasteiger partial charge < -0.3 is 15.0 Å². The number of ether oxygens (including phenoxy) is 1. The molecule has 9 nitrogen and oxygen atoms in total. The minimum Gasteiger partial charge on any atom is -0.496 e. The number of methoxy groups -OCH3 is 1. The Morgan fingerprint density at radius 3 is 2.67 bits per heavy atom. The van der Waals surface area contributed by atoms with Crippen LogP contribution in [0.2, 0.25) is 0 Å². The number of fused-ring (bicyclic) bond motifs is 1. The molecule has 0 spiro atoms. The Balaban J connectivity index is 0.000000368. The zero-order valence-corrected chi connectivity index (χ0v) is 13.9. The molecular weight excluding hydrogens is 334 g/mol. The zero-order valence-electron chi connectivity index (χ0n) is 13.1. The molecule has 24 heavy (non-hydrogen) atoms. The van der Waals surface area contributed by atoms with Crippen molar-refractivity contribution in [1.29, 1.82) is 0 Å². The molecule has 0 aliphatic heterocycles. The van der Waals surface area contributed by atoms with Crippen LogP contribution >= 0.6 is 0 Å². The lowest BCUT2D eigenvalue weighted by atomic mass is 10.2. The molecule has 0 saturated heterocycles. The number of benzene rings is 1. The van der Waals surface area contributed by atoms with Crippen molar-refractivity contribution in [3.05, 3.63) is 42.5 Å². The highest BCUT2D eigenvalue weighted by atomic mass is 32.2. The first kappa shape index (κ1) is 17.6. The lowest BCUT2D eigenvalue weighted by molar-refractivity contribution is 0.410. The van der Waals surface area contributed by atoms with Crippen LogP contribution < -0.4 is 10.1 Å². The van der Waals surface area contributed by atoms with Crippen LogP contribution in [0.25, 0.3) is 11.2 Å². The molecule has 3 rings (SSSR count). The Morgan fingerprint density at radius 2 is 1.96 bits per heavy atom. The number of anilines is 1. The van der Waals surface area contributed by atoms with Gasteiger partial charge in [0.1, 0.15) is 17.6 Å². The third-order valence-electron chi connectivity index (χ3n) is 2.86. The molecule has 0 amide bonds. The Labute approximate surface area is 138 Å². The molecule has 1 aromatic carbocycles. The molecule has 10 heteroatoms. The number of nitrogens with one attached hydrogen (secondary N) is 2. The molecule has 128 valence electrons. The SMILES string of the molecule is COc1ccccc1CNc1ncnc2nc[nH]c12.CS(=O)(=O)O. The second-order valence-corrected chi connectivity index (χ2v) is 6.19. The molecule has 0 unspecified atom stereocenters. The zero-order chi connectivity index (χ0) is 17.6. The van der Waals surface area contributed by atoms with Gasteiger partial charge in [0.2, 0.25) is 0 Å². The Hall–Kier alpha value is -2.72. The van der Waals surface area contributed by atoms with Crippen molar-refractivity contribution in [2.24, 2.45) is 0 Å². The maximum Gasteiger partial charge on any atom is 0.261 e. The molecule has 3 aromatic rings. The van der Waals surface area contributed by atoms with Crippen LogP contribution in [0.15, 0.2) is 36.9 Å². The number of aromatic nitrogens is 4.